The Labute approximate surface area is 139 Å². The molecule has 3 amide bonds. The number of amides is 3. The lowest BCUT2D eigenvalue weighted by molar-refractivity contribution is -0.133. The number of nitrogens with two attached hydrogens (primary N) is 1. The van der Waals surface area contributed by atoms with Crippen molar-refractivity contribution in [1.29, 1.82) is 0 Å². The number of rotatable bonds is 4. The van der Waals surface area contributed by atoms with Gasteiger partial charge in [0.05, 0.1) is 0 Å². The maximum Gasteiger partial charge on any atom is 0.317 e. The number of piperidine rings is 2. The molecular formula is C17H32N4O2. The van der Waals surface area contributed by atoms with Crippen molar-refractivity contribution in [1.82, 2.24) is 15.1 Å². The number of hydrogen-bond donors (Lipinski definition) is 2. The Bertz CT molecular complexity index is 413. The second-order valence-corrected chi connectivity index (χ2v) is 7.48. The number of hydrogen-bond acceptors (Lipinski definition) is 3. The monoisotopic (exact) mass is 324 g/mol. The van der Waals surface area contributed by atoms with Crippen LogP contribution in [0.25, 0.3) is 0 Å². The minimum atomic E-state index is 0.0100. The van der Waals surface area contributed by atoms with E-state index in [0.717, 1.165) is 38.8 Å². The molecule has 3 N–H and O–H groups in total. The second-order valence-electron chi connectivity index (χ2n) is 7.48. The van der Waals surface area contributed by atoms with E-state index in [2.05, 4.69) is 19.2 Å². The van der Waals surface area contributed by atoms with E-state index in [1.807, 2.05) is 9.80 Å². The molecule has 2 unspecified atom stereocenters. The average Bonchev–Trinajstić information content (AvgIpc) is 2.52. The van der Waals surface area contributed by atoms with E-state index in [4.69, 9.17) is 5.73 Å². The molecule has 0 aromatic rings. The zero-order chi connectivity index (χ0) is 16.8. The van der Waals surface area contributed by atoms with Gasteiger partial charge in [0.2, 0.25) is 5.91 Å². The van der Waals surface area contributed by atoms with Crippen molar-refractivity contribution in [3.63, 3.8) is 0 Å². The van der Waals surface area contributed by atoms with Gasteiger partial charge in [-0.2, -0.15) is 0 Å². The maximum atomic E-state index is 12.5. The van der Waals surface area contributed by atoms with Crippen molar-refractivity contribution in [3.05, 3.63) is 0 Å². The van der Waals surface area contributed by atoms with Gasteiger partial charge in [0.25, 0.3) is 0 Å². The summed E-state index contributed by atoms with van der Waals surface area (Å²) in [7, 11) is 0. The zero-order valence-corrected chi connectivity index (χ0v) is 14.6. The van der Waals surface area contributed by atoms with Crippen LogP contribution in [-0.2, 0) is 4.79 Å². The normalized spacial score (nSPS) is 25.6. The van der Waals surface area contributed by atoms with E-state index in [-0.39, 0.29) is 23.9 Å². The molecule has 2 atom stereocenters. The van der Waals surface area contributed by atoms with Crippen molar-refractivity contribution in [2.75, 3.05) is 32.7 Å². The number of nitrogens with one attached hydrogen (secondary N) is 1. The fourth-order valence-corrected chi connectivity index (χ4v) is 3.43. The number of carbonyl (C=O) groups is 2. The molecule has 0 saturated carbocycles. The van der Waals surface area contributed by atoms with Gasteiger partial charge < -0.3 is 20.9 Å². The first kappa shape index (κ1) is 18.0. The van der Waals surface area contributed by atoms with E-state index < -0.39 is 0 Å². The fourth-order valence-electron chi connectivity index (χ4n) is 3.43. The predicted molar refractivity (Wildman–Crippen MR) is 90.9 cm³/mol. The van der Waals surface area contributed by atoms with Crippen LogP contribution in [0, 0.1) is 11.8 Å². The van der Waals surface area contributed by atoms with Crippen LogP contribution in [0.4, 0.5) is 4.79 Å². The summed E-state index contributed by atoms with van der Waals surface area (Å²) in [5.41, 5.74) is 5.96. The highest BCUT2D eigenvalue weighted by Gasteiger charge is 2.28. The van der Waals surface area contributed by atoms with E-state index in [1.165, 1.54) is 0 Å². The van der Waals surface area contributed by atoms with Gasteiger partial charge in [-0.15, -0.1) is 0 Å². The molecular weight excluding hydrogens is 292 g/mol. The highest BCUT2D eigenvalue weighted by molar-refractivity contribution is 5.77. The van der Waals surface area contributed by atoms with E-state index >= 15 is 0 Å². The molecule has 2 heterocycles. The van der Waals surface area contributed by atoms with Gasteiger partial charge in [-0.25, -0.2) is 4.79 Å². The van der Waals surface area contributed by atoms with Crippen LogP contribution in [0.1, 0.15) is 46.0 Å². The molecule has 0 bridgehead atoms. The van der Waals surface area contributed by atoms with E-state index in [0.29, 0.717) is 32.0 Å². The summed E-state index contributed by atoms with van der Waals surface area (Å²) in [6, 6.07) is 0.133. The van der Waals surface area contributed by atoms with Crippen molar-refractivity contribution < 1.29 is 9.59 Å². The van der Waals surface area contributed by atoms with Gasteiger partial charge in [0, 0.05) is 45.2 Å². The predicted octanol–water partition coefficient (Wildman–Crippen LogP) is 1.40. The van der Waals surface area contributed by atoms with Crippen LogP contribution in [0.3, 0.4) is 0 Å². The van der Waals surface area contributed by atoms with Crippen LogP contribution >= 0.6 is 0 Å². The Balaban J connectivity index is 1.79. The Morgan fingerprint density at radius 1 is 1.13 bits per heavy atom. The summed E-state index contributed by atoms with van der Waals surface area (Å²) < 4.78 is 0. The lowest BCUT2D eigenvalue weighted by Gasteiger charge is -2.35. The quantitative estimate of drug-likeness (QED) is 0.820. The van der Waals surface area contributed by atoms with Gasteiger partial charge in [-0.05, 0) is 37.5 Å². The first-order valence-electron chi connectivity index (χ1n) is 9.02. The minimum Gasteiger partial charge on any atom is -0.341 e. The summed E-state index contributed by atoms with van der Waals surface area (Å²) in [6.45, 7) is 7.87. The molecule has 6 nitrogen and oxygen atoms in total. The Morgan fingerprint density at radius 2 is 1.83 bits per heavy atom. The third kappa shape index (κ3) is 5.68. The maximum absolute atomic E-state index is 12.5. The molecule has 2 aliphatic rings. The number of likely N-dealkylation sites (tertiary alicyclic amines) is 2. The fraction of sp³-hybridized carbons (Fsp3) is 0.882. The number of urea groups is 1. The Kier molecular flexibility index (Phi) is 6.69. The largest absolute Gasteiger partial charge is 0.341 e. The van der Waals surface area contributed by atoms with Gasteiger partial charge in [0.15, 0.2) is 0 Å². The van der Waals surface area contributed by atoms with E-state index in [1.54, 1.807) is 0 Å². The van der Waals surface area contributed by atoms with Gasteiger partial charge in [-0.3, -0.25) is 4.79 Å². The number of carbonyl (C=O) groups excluding carboxylic acids is 2. The molecule has 2 saturated heterocycles. The molecule has 0 radical (unpaired) electrons. The summed E-state index contributed by atoms with van der Waals surface area (Å²) in [5, 5.41) is 2.97. The minimum absolute atomic E-state index is 0.0100. The first-order valence-corrected chi connectivity index (χ1v) is 9.02. The molecule has 0 aliphatic carbocycles. The van der Waals surface area contributed by atoms with E-state index in [9.17, 15) is 9.59 Å². The molecule has 0 aromatic heterocycles. The molecule has 23 heavy (non-hydrogen) atoms. The van der Waals surface area contributed by atoms with Crippen LogP contribution in [0.5, 0.6) is 0 Å². The average molecular weight is 324 g/mol. The molecule has 2 rings (SSSR count). The van der Waals surface area contributed by atoms with Gasteiger partial charge >= 0.3 is 6.03 Å². The molecule has 0 spiro atoms. The van der Waals surface area contributed by atoms with Crippen LogP contribution in [0.2, 0.25) is 0 Å². The van der Waals surface area contributed by atoms with Crippen LogP contribution in [-0.4, -0.2) is 60.5 Å². The van der Waals surface area contributed by atoms with Crippen LogP contribution in [0.15, 0.2) is 0 Å². The molecule has 2 fully saturated rings. The molecule has 0 aromatic carbocycles. The topological polar surface area (TPSA) is 78.7 Å². The van der Waals surface area contributed by atoms with Gasteiger partial charge in [0.1, 0.15) is 0 Å². The summed E-state index contributed by atoms with van der Waals surface area (Å²) >= 11 is 0. The third-order valence-electron chi connectivity index (χ3n) is 4.74. The first-order chi connectivity index (χ1) is 11.0. The van der Waals surface area contributed by atoms with Crippen LogP contribution < -0.4 is 11.1 Å². The standard InChI is InChI=1S/C17H32N4O2/c1-13(2)10-19-17(23)21-8-3-5-14(11-21)9-16(22)20-7-4-6-15(18)12-20/h13-15H,3-12,18H2,1-2H3,(H,19,23). The lowest BCUT2D eigenvalue weighted by atomic mass is 9.93. The van der Waals surface area contributed by atoms with Crippen molar-refractivity contribution in [3.8, 4) is 0 Å². The zero-order valence-electron chi connectivity index (χ0n) is 14.6. The molecule has 2 aliphatic heterocycles. The smallest absolute Gasteiger partial charge is 0.317 e. The molecule has 132 valence electrons. The SMILES string of the molecule is CC(C)CNC(=O)N1CCCC(CC(=O)N2CCCC(N)C2)C1. The summed E-state index contributed by atoms with van der Waals surface area (Å²) in [5.74, 6) is 0.929. The highest BCUT2D eigenvalue weighted by Crippen LogP contribution is 2.21. The number of nitrogens with zero attached hydrogens (tertiary/aromatic N) is 2. The van der Waals surface area contributed by atoms with Gasteiger partial charge in [-0.1, -0.05) is 13.8 Å². The highest BCUT2D eigenvalue weighted by atomic mass is 16.2. The second kappa shape index (κ2) is 8.52. The van der Waals surface area contributed by atoms with Crippen molar-refractivity contribution in [2.24, 2.45) is 17.6 Å². The van der Waals surface area contributed by atoms with Crippen molar-refractivity contribution in [2.45, 2.75) is 52.0 Å². The van der Waals surface area contributed by atoms with Crippen molar-refractivity contribution >= 4 is 11.9 Å². The Hall–Kier alpha value is -1.30. The molecule has 6 heteroatoms. The summed E-state index contributed by atoms with van der Waals surface area (Å²) in [4.78, 5) is 28.4. The lowest BCUT2D eigenvalue weighted by Crippen LogP contribution is -2.49. The third-order valence-corrected chi connectivity index (χ3v) is 4.74. The Morgan fingerprint density at radius 3 is 2.52 bits per heavy atom. The summed E-state index contributed by atoms with van der Waals surface area (Å²) in [6.07, 6.45) is 4.56.